The first kappa shape index (κ1) is 34.7. The normalized spacial score (nSPS) is 16.5. The predicted octanol–water partition coefficient (Wildman–Crippen LogP) is 9.04. The van der Waals surface area contributed by atoms with E-state index in [-0.39, 0.29) is 34.8 Å². The summed E-state index contributed by atoms with van der Waals surface area (Å²) in [6, 6.07) is 9.04. The Balaban J connectivity index is 1.52. The van der Waals surface area contributed by atoms with Crippen LogP contribution in [0, 0.1) is 24.4 Å². The lowest BCUT2D eigenvalue weighted by Gasteiger charge is -2.38. The number of hydrogen-bond donors (Lipinski definition) is 0. The van der Waals surface area contributed by atoms with E-state index in [0.717, 1.165) is 22.9 Å². The van der Waals surface area contributed by atoms with Gasteiger partial charge in [0, 0.05) is 53.7 Å². The molecule has 0 bridgehead atoms. The van der Waals surface area contributed by atoms with Crippen LogP contribution in [0.1, 0.15) is 63.8 Å². The summed E-state index contributed by atoms with van der Waals surface area (Å²) in [5, 5.41) is 6.56. The zero-order valence-corrected chi connectivity index (χ0v) is 30.9. The zero-order chi connectivity index (χ0) is 36.7. The number of hydrogen-bond acceptors (Lipinski definition) is 7. The van der Waals surface area contributed by atoms with Crippen LogP contribution in [0.5, 0.6) is 0 Å². The molecular weight excluding hydrogens is 676 g/mol. The van der Waals surface area contributed by atoms with Gasteiger partial charge in [-0.1, -0.05) is 6.07 Å². The fraction of sp³-hybridized carbons (Fsp3) is 0.368. The van der Waals surface area contributed by atoms with Crippen LogP contribution in [0.3, 0.4) is 0 Å². The van der Waals surface area contributed by atoms with Gasteiger partial charge >= 0.3 is 6.09 Å². The minimum absolute atomic E-state index is 0.0553. The molecular formula is C38H40F3N7O2S. The lowest BCUT2D eigenvalue weighted by molar-refractivity contribution is 0.00865. The second kappa shape index (κ2) is 12.5. The lowest BCUT2D eigenvalue weighted by atomic mass is 9.92. The van der Waals surface area contributed by atoms with E-state index in [1.165, 1.54) is 22.8 Å². The van der Waals surface area contributed by atoms with Crippen molar-refractivity contribution in [3.05, 3.63) is 76.3 Å². The first-order chi connectivity index (χ1) is 24.0. The van der Waals surface area contributed by atoms with Gasteiger partial charge in [-0.2, -0.15) is 5.10 Å². The van der Waals surface area contributed by atoms with Gasteiger partial charge in [-0.05, 0) is 85.5 Å². The van der Waals surface area contributed by atoms with Crippen molar-refractivity contribution in [1.29, 1.82) is 0 Å². The van der Waals surface area contributed by atoms with Gasteiger partial charge in [-0.25, -0.2) is 27.9 Å². The molecule has 5 heterocycles. The van der Waals surface area contributed by atoms with Crippen molar-refractivity contribution in [1.82, 2.24) is 34.1 Å². The Morgan fingerprint density at radius 2 is 1.76 bits per heavy atom. The van der Waals surface area contributed by atoms with E-state index in [1.54, 1.807) is 23.9 Å². The number of aryl methyl sites for hydroxylation is 2. The molecule has 1 amide bonds. The number of fused-ring (bicyclic) bond motifs is 3. The fourth-order valence-corrected chi connectivity index (χ4v) is 7.90. The molecule has 0 radical (unpaired) electrons. The van der Waals surface area contributed by atoms with Crippen molar-refractivity contribution in [3.63, 3.8) is 0 Å². The molecule has 9 nitrogen and oxygen atoms in total. The van der Waals surface area contributed by atoms with Gasteiger partial charge in [-0.15, -0.1) is 11.3 Å². The number of nitrogens with zero attached hydrogens (tertiary/aromatic N) is 7. The van der Waals surface area contributed by atoms with Crippen LogP contribution in [0.25, 0.3) is 54.9 Å². The van der Waals surface area contributed by atoms with Crippen LogP contribution in [-0.2, 0) is 18.3 Å². The van der Waals surface area contributed by atoms with Gasteiger partial charge in [0.2, 0.25) is 0 Å². The molecule has 6 aromatic rings. The second-order valence-electron chi connectivity index (χ2n) is 14.6. The number of benzene rings is 2. The number of thiophene rings is 1. The highest BCUT2D eigenvalue weighted by molar-refractivity contribution is 7.17. The summed E-state index contributed by atoms with van der Waals surface area (Å²) in [5.74, 6) is -1.28. The van der Waals surface area contributed by atoms with Crippen LogP contribution < -0.4 is 0 Å². The monoisotopic (exact) mass is 715 g/mol. The van der Waals surface area contributed by atoms with Crippen LogP contribution in [0.2, 0.25) is 0 Å². The van der Waals surface area contributed by atoms with Gasteiger partial charge < -0.3 is 14.2 Å². The Labute approximate surface area is 298 Å². The average Bonchev–Trinajstić information content (AvgIpc) is 3.73. The Morgan fingerprint density at radius 3 is 2.47 bits per heavy atom. The quantitative estimate of drug-likeness (QED) is 0.177. The van der Waals surface area contributed by atoms with E-state index in [9.17, 15) is 9.18 Å². The van der Waals surface area contributed by atoms with Crippen LogP contribution in [-0.4, -0.2) is 66.4 Å². The number of imidazole rings is 1. The van der Waals surface area contributed by atoms with Gasteiger partial charge in [0.05, 0.1) is 44.9 Å². The molecule has 0 fully saturated rings. The summed E-state index contributed by atoms with van der Waals surface area (Å²) in [7, 11) is 5.54. The maximum Gasteiger partial charge on any atom is 0.410 e. The smallest absolute Gasteiger partial charge is 0.410 e. The molecule has 0 spiro atoms. The van der Waals surface area contributed by atoms with Crippen LogP contribution in [0.15, 0.2) is 41.8 Å². The van der Waals surface area contributed by atoms with E-state index >= 15 is 8.78 Å². The van der Waals surface area contributed by atoms with Gasteiger partial charge in [0.1, 0.15) is 34.6 Å². The Hall–Kier alpha value is -4.75. The molecule has 266 valence electrons. The first-order valence-corrected chi connectivity index (χ1v) is 17.7. The van der Waals surface area contributed by atoms with E-state index in [2.05, 4.69) is 0 Å². The maximum absolute atomic E-state index is 16.3. The standard InChI is InChI=1S/C38H40F3N7O2S/c1-19-16-47(37(49)50-38(4,5)6)20(2)30-15-28(44-48(19)30)35-33(31-23(17-45(7)8)12-24(39)14-25(31)40)32-26(41)18-51-36(32)34(43-35)22-10-11-29-27(13-22)42-21(3)46(29)9/h10-15,18-20H,16-17H2,1-9H3/t19-,20+/m0/s1. The third-order valence-electron chi connectivity index (χ3n) is 9.33. The Kier molecular flexibility index (Phi) is 8.49. The van der Waals surface area contributed by atoms with E-state index in [1.807, 2.05) is 82.1 Å². The summed E-state index contributed by atoms with van der Waals surface area (Å²) in [6.07, 6.45) is -0.444. The molecule has 2 atom stereocenters. The molecule has 2 aromatic carbocycles. The SMILES string of the molecule is Cc1nc2cc(-c3nc(-c4cc5n(n4)[C@@H](C)CN(C(=O)OC(C)(C)C)[C@@H]5C)c(-c4c(F)cc(F)cc4CN(C)C)c4c(F)csc34)ccc2n1C. The zero-order valence-electron chi connectivity index (χ0n) is 30.1. The van der Waals surface area contributed by atoms with Crippen molar-refractivity contribution in [2.24, 2.45) is 7.05 Å². The molecule has 0 saturated heterocycles. The number of carbonyl (C=O) groups excluding carboxylic acids is 1. The van der Waals surface area contributed by atoms with Crippen LogP contribution >= 0.6 is 11.3 Å². The molecule has 4 aromatic heterocycles. The minimum Gasteiger partial charge on any atom is -0.444 e. The first-order valence-electron chi connectivity index (χ1n) is 16.8. The Morgan fingerprint density at radius 1 is 1.02 bits per heavy atom. The Bertz CT molecular complexity index is 2350. The number of amides is 1. The van der Waals surface area contributed by atoms with E-state index < -0.39 is 35.2 Å². The summed E-state index contributed by atoms with van der Waals surface area (Å²) in [6.45, 7) is 11.8. The van der Waals surface area contributed by atoms with Crippen molar-refractivity contribution in [2.45, 2.75) is 65.8 Å². The highest BCUT2D eigenvalue weighted by Gasteiger charge is 2.37. The molecule has 1 aliphatic heterocycles. The van der Waals surface area contributed by atoms with Crippen molar-refractivity contribution in [2.75, 3.05) is 20.6 Å². The highest BCUT2D eigenvalue weighted by atomic mass is 32.1. The van der Waals surface area contributed by atoms with Crippen molar-refractivity contribution >= 4 is 38.5 Å². The maximum atomic E-state index is 16.3. The second-order valence-corrected chi connectivity index (χ2v) is 15.5. The van der Waals surface area contributed by atoms with Gasteiger partial charge in [0.15, 0.2) is 0 Å². The third kappa shape index (κ3) is 6.05. The minimum atomic E-state index is -0.832. The van der Waals surface area contributed by atoms with Crippen molar-refractivity contribution in [3.8, 4) is 33.8 Å². The molecule has 0 unspecified atom stereocenters. The molecule has 51 heavy (non-hydrogen) atoms. The van der Waals surface area contributed by atoms with Crippen molar-refractivity contribution < 1.29 is 22.7 Å². The van der Waals surface area contributed by atoms with Gasteiger partial charge in [-0.3, -0.25) is 9.58 Å². The molecule has 13 heteroatoms. The summed E-state index contributed by atoms with van der Waals surface area (Å²) in [4.78, 5) is 26.7. The molecule has 0 saturated carbocycles. The number of halogens is 3. The summed E-state index contributed by atoms with van der Waals surface area (Å²) < 4.78 is 57.4. The number of rotatable bonds is 5. The number of ether oxygens (including phenoxy) is 1. The van der Waals surface area contributed by atoms with E-state index in [4.69, 9.17) is 19.8 Å². The summed E-state index contributed by atoms with van der Waals surface area (Å²) >= 11 is 1.17. The fourth-order valence-electron chi connectivity index (χ4n) is 6.97. The lowest BCUT2D eigenvalue weighted by Crippen LogP contribution is -2.45. The number of aromatic nitrogens is 5. The predicted molar refractivity (Wildman–Crippen MR) is 194 cm³/mol. The molecule has 7 rings (SSSR count). The summed E-state index contributed by atoms with van der Waals surface area (Å²) in [5.41, 5.74) is 4.11. The average molecular weight is 716 g/mol. The topological polar surface area (TPSA) is 81.3 Å². The number of pyridine rings is 1. The molecule has 0 aliphatic carbocycles. The largest absolute Gasteiger partial charge is 0.444 e. The van der Waals surface area contributed by atoms with Gasteiger partial charge in [0.25, 0.3) is 0 Å². The van der Waals surface area contributed by atoms with E-state index in [0.29, 0.717) is 39.5 Å². The molecule has 0 N–H and O–H groups in total. The number of carbonyl (C=O) groups is 1. The van der Waals surface area contributed by atoms with Crippen LogP contribution in [0.4, 0.5) is 18.0 Å². The third-order valence-corrected chi connectivity index (χ3v) is 10.3. The molecule has 1 aliphatic rings. The highest BCUT2D eigenvalue weighted by Crippen LogP contribution is 2.47.